The maximum atomic E-state index is 6.54. The maximum Gasteiger partial charge on any atom is 0.125 e. The molecule has 20 heavy (non-hydrogen) atoms. The fraction of sp³-hybridized carbons (Fsp3) is 0.647. The van der Waals surface area contributed by atoms with Crippen molar-refractivity contribution in [2.24, 2.45) is 23.5 Å². The van der Waals surface area contributed by atoms with Gasteiger partial charge >= 0.3 is 0 Å². The number of fused-ring (bicyclic) bond motifs is 2. The maximum absolute atomic E-state index is 6.54. The smallest absolute Gasteiger partial charge is 0.125 e. The zero-order valence-electron chi connectivity index (χ0n) is 11.8. The van der Waals surface area contributed by atoms with Crippen LogP contribution in [-0.4, -0.2) is 12.6 Å². The van der Waals surface area contributed by atoms with E-state index in [2.05, 4.69) is 28.1 Å². The Kier molecular flexibility index (Phi) is 3.30. The molecular weight excluding hydrogens is 314 g/mol. The summed E-state index contributed by atoms with van der Waals surface area (Å²) in [5, 5.41) is 0. The van der Waals surface area contributed by atoms with Crippen molar-refractivity contribution in [2.75, 3.05) is 6.61 Å². The van der Waals surface area contributed by atoms with Crippen LogP contribution in [0, 0.1) is 17.8 Å². The van der Waals surface area contributed by atoms with Crippen molar-refractivity contribution < 1.29 is 4.74 Å². The fourth-order valence-corrected chi connectivity index (χ4v) is 5.12. The predicted molar refractivity (Wildman–Crippen MR) is 84.0 cm³/mol. The van der Waals surface area contributed by atoms with Crippen molar-refractivity contribution >= 4 is 15.9 Å². The van der Waals surface area contributed by atoms with Gasteiger partial charge in [-0.2, -0.15) is 0 Å². The molecule has 1 aromatic rings. The fourth-order valence-electron chi connectivity index (χ4n) is 4.57. The molecule has 1 aliphatic heterocycles. The lowest BCUT2D eigenvalue weighted by atomic mass is 9.98. The Bertz CT molecular complexity index is 518. The standard InChI is InChI=1S/C17H22BrNO/c18-12-7-10-5-6-20-17(10)11(8-12)9-15(19)16-13-3-1-2-4-14(13)16/h7-8,13-16H,1-6,9,19H2. The van der Waals surface area contributed by atoms with Gasteiger partial charge in [-0.15, -0.1) is 0 Å². The van der Waals surface area contributed by atoms with E-state index in [9.17, 15) is 0 Å². The third kappa shape index (κ3) is 2.19. The van der Waals surface area contributed by atoms with Gasteiger partial charge < -0.3 is 10.5 Å². The second kappa shape index (κ2) is 5.03. The van der Waals surface area contributed by atoms with Gasteiger partial charge in [0.25, 0.3) is 0 Å². The first-order valence-corrected chi connectivity index (χ1v) is 8.73. The number of hydrogen-bond donors (Lipinski definition) is 1. The van der Waals surface area contributed by atoms with Crippen molar-refractivity contribution in [1.29, 1.82) is 0 Å². The molecule has 0 spiro atoms. The SMILES string of the molecule is NC(Cc1cc(Br)cc2c1OCC2)C1C2CCCCC21. The average molecular weight is 336 g/mol. The molecule has 0 radical (unpaired) electrons. The highest BCUT2D eigenvalue weighted by Gasteiger charge is 2.53. The second-order valence-corrected chi connectivity index (χ2v) is 7.62. The Hall–Kier alpha value is -0.540. The average Bonchev–Trinajstić information content (AvgIpc) is 2.98. The van der Waals surface area contributed by atoms with Crippen LogP contribution in [0.25, 0.3) is 0 Å². The molecule has 1 aromatic carbocycles. The van der Waals surface area contributed by atoms with Gasteiger partial charge in [0.15, 0.2) is 0 Å². The predicted octanol–water partition coefficient (Wildman–Crippen LogP) is 3.69. The van der Waals surface area contributed by atoms with Crippen LogP contribution < -0.4 is 10.5 Å². The molecule has 2 saturated carbocycles. The number of benzene rings is 1. The summed E-state index contributed by atoms with van der Waals surface area (Å²) >= 11 is 3.62. The third-order valence-corrected chi connectivity index (χ3v) is 5.96. The van der Waals surface area contributed by atoms with Gasteiger partial charge in [-0.1, -0.05) is 28.8 Å². The molecule has 2 fully saturated rings. The Balaban J connectivity index is 1.52. The van der Waals surface area contributed by atoms with Gasteiger partial charge in [-0.05, 0) is 60.3 Å². The third-order valence-electron chi connectivity index (χ3n) is 5.50. The first-order valence-electron chi connectivity index (χ1n) is 7.94. The van der Waals surface area contributed by atoms with E-state index < -0.39 is 0 Å². The molecule has 0 aromatic heterocycles. The van der Waals surface area contributed by atoms with Crippen LogP contribution in [-0.2, 0) is 12.8 Å². The molecule has 4 rings (SSSR count). The lowest BCUT2D eigenvalue weighted by molar-refractivity contribution is 0.351. The Labute approximate surface area is 129 Å². The first kappa shape index (κ1) is 13.1. The summed E-state index contributed by atoms with van der Waals surface area (Å²) in [4.78, 5) is 0. The van der Waals surface area contributed by atoms with E-state index in [0.717, 1.165) is 47.4 Å². The summed E-state index contributed by atoms with van der Waals surface area (Å²) in [7, 11) is 0. The van der Waals surface area contributed by atoms with Gasteiger partial charge in [0.05, 0.1) is 6.61 Å². The van der Waals surface area contributed by atoms with Gasteiger partial charge in [0, 0.05) is 16.9 Å². The van der Waals surface area contributed by atoms with E-state index in [1.807, 2.05) is 0 Å². The van der Waals surface area contributed by atoms with Crippen LogP contribution in [0.3, 0.4) is 0 Å². The van der Waals surface area contributed by atoms with E-state index in [0.29, 0.717) is 6.04 Å². The highest BCUT2D eigenvalue weighted by Crippen LogP contribution is 2.57. The Morgan fingerprint density at radius 2 is 2.00 bits per heavy atom. The Morgan fingerprint density at radius 1 is 1.25 bits per heavy atom. The highest BCUT2D eigenvalue weighted by atomic mass is 79.9. The molecule has 3 unspecified atom stereocenters. The topological polar surface area (TPSA) is 35.2 Å². The molecule has 2 N–H and O–H groups in total. The Morgan fingerprint density at radius 3 is 2.75 bits per heavy atom. The molecule has 2 nitrogen and oxygen atoms in total. The normalized spacial score (nSPS) is 32.2. The second-order valence-electron chi connectivity index (χ2n) is 6.71. The van der Waals surface area contributed by atoms with Gasteiger partial charge in [-0.3, -0.25) is 0 Å². The molecule has 108 valence electrons. The van der Waals surface area contributed by atoms with Gasteiger partial charge in [0.1, 0.15) is 5.75 Å². The largest absolute Gasteiger partial charge is 0.493 e. The van der Waals surface area contributed by atoms with Crippen molar-refractivity contribution in [3.63, 3.8) is 0 Å². The molecule has 2 aliphatic carbocycles. The molecule has 3 atom stereocenters. The van der Waals surface area contributed by atoms with E-state index in [1.165, 1.54) is 36.8 Å². The number of rotatable bonds is 3. The minimum Gasteiger partial charge on any atom is -0.493 e. The summed E-state index contributed by atoms with van der Waals surface area (Å²) in [6, 6.07) is 4.70. The van der Waals surface area contributed by atoms with Crippen molar-refractivity contribution in [3.05, 3.63) is 27.7 Å². The van der Waals surface area contributed by atoms with Crippen LogP contribution >= 0.6 is 15.9 Å². The number of nitrogens with two attached hydrogens (primary N) is 1. The van der Waals surface area contributed by atoms with Crippen molar-refractivity contribution in [3.8, 4) is 5.75 Å². The summed E-state index contributed by atoms with van der Waals surface area (Å²) in [5.41, 5.74) is 9.19. The van der Waals surface area contributed by atoms with Crippen LogP contribution in [0.4, 0.5) is 0 Å². The lowest BCUT2D eigenvalue weighted by Crippen LogP contribution is -2.27. The van der Waals surface area contributed by atoms with E-state index in [-0.39, 0.29) is 0 Å². The van der Waals surface area contributed by atoms with Crippen molar-refractivity contribution in [2.45, 2.75) is 44.6 Å². The van der Waals surface area contributed by atoms with E-state index >= 15 is 0 Å². The monoisotopic (exact) mass is 335 g/mol. The zero-order valence-corrected chi connectivity index (χ0v) is 13.4. The van der Waals surface area contributed by atoms with Crippen LogP contribution in [0.5, 0.6) is 5.75 Å². The van der Waals surface area contributed by atoms with Gasteiger partial charge in [0.2, 0.25) is 0 Å². The van der Waals surface area contributed by atoms with Crippen LogP contribution in [0.15, 0.2) is 16.6 Å². The minimum absolute atomic E-state index is 0.311. The summed E-state index contributed by atoms with van der Waals surface area (Å²) in [5.74, 6) is 3.75. The first-order chi connectivity index (χ1) is 9.74. The molecule has 3 aliphatic rings. The minimum atomic E-state index is 0.311. The number of halogens is 1. The summed E-state index contributed by atoms with van der Waals surface area (Å²) in [6.45, 7) is 0.822. The highest BCUT2D eigenvalue weighted by molar-refractivity contribution is 9.10. The molecular formula is C17H22BrNO. The number of hydrogen-bond acceptors (Lipinski definition) is 2. The van der Waals surface area contributed by atoms with Crippen LogP contribution in [0.2, 0.25) is 0 Å². The van der Waals surface area contributed by atoms with Gasteiger partial charge in [-0.25, -0.2) is 0 Å². The lowest BCUT2D eigenvalue weighted by Gasteiger charge is -2.15. The molecule has 0 amide bonds. The van der Waals surface area contributed by atoms with E-state index in [4.69, 9.17) is 10.5 Å². The van der Waals surface area contributed by atoms with E-state index in [1.54, 1.807) is 0 Å². The summed E-state index contributed by atoms with van der Waals surface area (Å²) < 4.78 is 6.99. The molecule has 1 heterocycles. The zero-order chi connectivity index (χ0) is 13.7. The summed E-state index contributed by atoms with van der Waals surface area (Å²) in [6.07, 6.45) is 7.66. The molecule has 0 saturated heterocycles. The molecule has 3 heteroatoms. The number of ether oxygens (including phenoxy) is 1. The van der Waals surface area contributed by atoms with Crippen molar-refractivity contribution in [1.82, 2.24) is 0 Å². The van der Waals surface area contributed by atoms with Crippen LogP contribution in [0.1, 0.15) is 36.8 Å². The molecule has 0 bridgehead atoms. The quantitative estimate of drug-likeness (QED) is 0.914.